The number of fused-ring (bicyclic) bond motifs is 1. The third-order valence-electron chi connectivity index (χ3n) is 3.73. The standard InChI is InChI=1S/C16H14ClFN2O/c17-13-5-1-10(8-14(13)18)16(21)20-15-6-2-9-7-11(19)3-4-12(9)15/h1,3-5,7-8,15H,2,6,19H2,(H,20,21). The number of anilines is 1. The average Bonchev–Trinajstić information content (AvgIpc) is 2.84. The van der Waals surface area contributed by atoms with Gasteiger partial charge in [0.25, 0.3) is 5.91 Å². The summed E-state index contributed by atoms with van der Waals surface area (Å²) in [5.41, 5.74) is 8.98. The summed E-state index contributed by atoms with van der Waals surface area (Å²) < 4.78 is 13.4. The van der Waals surface area contributed by atoms with Crippen LogP contribution in [0.3, 0.4) is 0 Å². The Morgan fingerprint density at radius 1 is 1.29 bits per heavy atom. The summed E-state index contributed by atoms with van der Waals surface area (Å²) in [5.74, 6) is -0.899. The smallest absolute Gasteiger partial charge is 0.251 e. The van der Waals surface area contributed by atoms with Crippen LogP contribution in [0, 0.1) is 5.82 Å². The van der Waals surface area contributed by atoms with E-state index in [9.17, 15) is 9.18 Å². The van der Waals surface area contributed by atoms with Crippen molar-refractivity contribution in [2.45, 2.75) is 18.9 Å². The fourth-order valence-electron chi connectivity index (χ4n) is 2.67. The van der Waals surface area contributed by atoms with Crippen molar-refractivity contribution in [3.05, 3.63) is 63.9 Å². The lowest BCUT2D eigenvalue weighted by molar-refractivity contribution is 0.0936. The molecular formula is C16H14ClFN2O. The zero-order valence-electron chi connectivity index (χ0n) is 11.2. The number of carbonyl (C=O) groups excluding carboxylic acids is 1. The van der Waals surface area contributed by atoms with Gasteiger partial charge in [0.15, 0.2) is 0 Å². The van der Waals surface area contributed by atoms with Crippen LogP contribution in [0.2, 0.25) is 5.02 Å². The molecule has 0 saturated heterocycles. The highest BCUT2D eigenvalue weighted by molar-refractivity contribution is 6.30. The first-order valence-corrected chi connectivity index (χ1v) is 7.06. The number of hydrogen-bond acceptors (Lipinski definition) is 2. The van der Waals surface area contributed by atoms with Gasteiger partial charge in [-0.05, 0) is 54.3 Å². The van der Waals surface area contributed by atoms with Crippen LogP contribution in [0.5, 0.6) is 0 Å². The molecule has 3 rings (SSSR count). The van der Waals surface area contributed by atoms with Gasteiger partial charge in [-0.15, -0.1) is 0 Å². The Hall–Kier alpha value is -2.07. The van der Waals surface area contributed by atoms with Gasteiger partial charge in [0.2, 0.25) is 0 Å². The summed E-state index contributed by atoms with van der Waals surface area (Å²) in [6.45, 7) is 0. The maximum atomic E-state index is 13.4. The second kappa shape index (κ2) is 5.37. The number of nitrogens with two attached hydrogens (primary N) is 1. The van der Waals surface area contributed by atoms with Crippen molar-refractivity contribution in [2.75, 3.05) is 5.73 Å². The number of carbonyl (C=O) groups is 1. The number of halogens is 2. The summed E-state index contributed by atoms with van der Waals surface area (Å²) in [6.07, 6.45) is 1.70. The SMILES string of the molecule is Nc1ccc2c(c1)CCC2NC(=O)c1ccc(Cl)c(F)c1. The van der Waals surface area contributed by atoms with E-state index in [4.69, 9.17) is 17.3 Å². The van der Waals surface area contributed by atoms with E-state index < -0.39 is 5.82 Å². The van der Waals surface area contributed by atoms with Gasteiger partial charge in [-0.25, -0.2) is 4.39 Å². The second-order valence-electron chi connectivity index (χ2n) is 5.15. The van der Waals surface area contributed by atoms with Crippen molar-refractivity contribution in [2.24, 2.45) is 0 Å². The Bertz CT molecular complexity index is 717. The van der Waals surface area contributed by atoms with Gasteiger partial charge in [-0.1, -0.05) is 17.7 Å². The van der Waals surface area contributed by atoms with Crippen molar-refractivity contribution >= 4 is 23.2 Å². The zero-order chi connectivity index (χ0) is 15.0. The highest BCUT2D eigenvalue weighted by Gasteiger charge is 2.24. The van der Waals surface area contributed by atoms with Gasteiger partial charge >= 0.3 is 0 Å². The van der Waals surface area contributed by atoms with Gasteiger partial charge in [0, 0.05) is 11.3 Å². The number of hydrogen-bond donors (Lipinski definition) is 2. The van der Waals surface area contributed by atoms with Crippen LogP contribution in [0.4, 0.5) is 10.1 Å². The van der Waals surface area contributed by atoms with E-state index in [0.29, 0.717) is 0 Å². The molecule has 0 saturated carbocycles. The molecule has 0 radical (unpaired) electrons. The summed E-state index contributed by atoms with van der Waals surface area (Å²) in [4.78, 5) is 12.2. The molecule has 3 N–H and O–H groups in total. The minimum atomic E-state index is -0.594. The summed E-state index contributed by atoms with van der Waals surface area (Å²) in [6, 6.07) is 9.68. The van der Waals surface area contributed by atoms with E-state index in [0.717, 1.165) is 35.7 Å². The molecule has 2 aromatic carbocycles. The first kappa shape index (κ1) is 13.9. The van der Waals surface area contributed by atoms with Gasteiger partial charge in [-0.2, -0.15) is 0 Å². The molecule has 108 valence electrons. The van der Waals surface area contributed by atoms with Gasteiger partial charge in [0.1, 0.15) is 5.82 Å². The molecule has 5 heteroatoms. The number of rotatable bonds is 2. The lowest BCUT2D eigenvalue weighted by Crippen LogP contribution is -2.27. The largest absolute Gasteiger partial charge is 0.399 e. The van der Waals surface area contributed by atoms with E-state index in [-0.39, 0.29) is 22.5 Å². The maximum absolute atomic E-state index is 13.4. The Kier molecular flexibility index (Phi) is 3.55. The molecule has 1 aliphatic rings. The number of aryl methyl sites for hydroxylation is 1. The fraction of sp³-hybridized carbons (Fsp3) is 0.188. The molecule has 0 fully saturated rings. The summed E-state index contributed by atoms with van der Waals surface area (Å²) in [5, 5.41) is 2.94. The number of amides is 1. The Labute approximate surface area is 126 Å². The molecule has 1 unspecified atom stereocenters. The van der Waals surface area contributed by atoms with Crippen LogP contribution in [0.15, 0.2) is 36.4 Å². The zero-order valence-corrected chi connectivity index (χ0v) is 12.0. The lowest BCUT2D eigenvalue weighted by Gasteiger charge is -2.14. The van der Waals surface area contributed by atoms with Gasteiger partial charge < -0.3 is 11.1 Å². The van der Waals surface area contributed by atoms with Crippen molar-refractivity contribution in [3.8, 4) is 0 Å². The molecular weight excluding hydrogens is 291 g/mol. The predicted octanol–water partition coefficient (Wildman–Crippen LogP) is 3.48. The molecule has 0 aromatic heterocycles. The van der Waals surface area contributed by atoms with Gasteiger partial charge in [-0.3, -0.25) is 4.79 Å². The van der Waals surface area contributed by atoms with E-state index >= 15 is 0 Å². The van der Waals surface area contributed by atoms with E-state index in [1.165, 1.54) is 12.1 Å². The summed E-state index contributed by atoms with van der Waals surface area (Å²) >= 11 is 5.62. The Morgan fingerprint density at radius 3 is 2.86 bits per heavy atom. The normalized spacial score (nSPS) is 16.6. The van der Waals surface area contributed by atoms with E-state index in [2.05, 4.69) is 5.32 Å². The molecule has 0 heterocycles. The van der Waals surface area contributed by atoms with Gasteiger partial charge in [0.05, 0.1) is 11.1 Å². The third kappa shape index (κ3) is 2.72. The molecule has 1 atom stereocenters. The fourth-order valence-corrected chi connectivity index (χ4v) is 2.78. The highest BCUT2D eigenvalue weighted by atomic mass is 35.5. The van der Waals surface area contributed by atoms with Crippen LogP contribution in [-0.2, 0) is 6.42 Å². The molecule has 21 heavy (non-hydrogen) atoms. The summed E-state index contributed by atoms with van der Waals surface area (Å²) in [7, 11) is 0. The number of benzene rings is 2. The minimum absolute atomic E-state index is 0.00763. The first-order chi connectivity index (χ1) is 10.0. The second-order valence-corrected chi connectivity index (χ2v) is 5.56. The van der Waals surface area contributed by atoms with Crippen molar-refractivity contribution in [1.29, 1.82) is 0 Å². The van der Waals surface area contributed by atoms with Crippen molar-refractivity contribution in [1.82, 2.24) is 5.32 Å². The lowest BCUT2D eigenvalue weighted by atomic mass is 10.1. The number of nitrogen functional groups attached to an aromatic ring is 1. The highest BCUT2D eigenvalue weighted by Crippen LogP contribution is 2.32. The Morgan fingerprint density at radius 2 is 2.10 bits per heavy atom. The predicted molar refractivity (Wildman–Crippen MR) is 80.8 cm³/mol. The van der Waals surface area contributed by atoms with E-state index in [1.54, 1.807) is 0 Å². The molecule has 1 amide bonds. The monoisotopic (exact) mass is 304 g/mol. The minimum Gasteiger partial charge on any atom is -0.399 e. The average molecular weight is 305 g/mol. The van der Waals surface area contributed by atoms with Crippen LogP contribution in [0.25, 0.3) is 0 Å². The van der Waals surface area contributed by atoms with Crippen LogP contribution < -0.4 is 11.1 Å². The topological polar surface area (TPSA) is 55.1 Å². The molecule has 1 aliphatic carbocycles. The van der Waals surface area contributed by atoms with E-state index in [1.807, 2.05) is 18.2 Å². The third-order valence-corrected chi connectivity index (χ3v) is 4.04. The molecule has 0 spiro atoms. The molecule has 2 aromatic rings. The quantitative estimate of drug-likeness (QED) is 0.835. The molecule has 0 aliphatic heterocycles. The van der Waals surface area contributed by atoms with Crippen molar-refractivity contribution in [3.63, 3.8) is 0 Å². The molecule has 3 nitrogen and oxygen atoms in total. The van der Waals surface area contributed by atoms with Crippen LogP contribution >= 0.6 is 11.6 Å². The van der Waals surface area contributed by atoms with Crippen molar-refractivity contribution < 1.29 is 9.18 Å². The van der Waals surface area contributed by atoms with Crippen LogP contribution in [-0.4, -0.2) is 5.91 Å². The molecule has 0 bridgehead atoms. The number of nitrogens with one attached hydrogen (secondary N) is 1. The first-order valence-electron chi connectivity index (χ1n) is 6.69. The maximum Gasteiger partial charge on any atom is 0.251 e. The Balaban J connectivity index is 1.79. The van der Waals surface area contributed by atoms with Crippen LogP contribution in [0.1, 0.15) is 33.9 Å².